The van der Waals surface area contributed by atoms with Crippen LogP contribution in [0.2, 0.25) is 0 Å². The second-order valence-corrected chi connectivity index (χ2v) is 32.0. The molecule has 0 bridgehead atoms. The number of fused-ring (bicyclic) bond motifs is 1. The molecule has 0 aliphatic carbocycles. The molecule has 0 atom stereocenters. The topological polar surface area (TPSA) is 175 Å². The number of aryl methyl sites for hydroxylation is 4. The maximum atomic E-state index is 14.1. The second-order valence-electron chi connectivity index (χ2n) is 32.0. The Labute approximate surface area is 510 Å². The van der Waals surface area contributed by atoms with Crippen molar-refractivity contribution in [2.45, 2.75) is 261 Å². The van der Waals surface area contributed by atoms with E-state index in [0.717, 1.165) is 72.5 Å². The molecule has 3 N–H and O–H groups in total. The van der Waals surface area contributed by atoms with Gasteiger partial charge in [0.25, 0.3) is 0 Å². The molecule has 4 aromatic carbocycles. The number of phenols is 3. The number of aromatic hydroxyl groups is 3. The molecule has 0 saturated heterocycles. The predicted octanol–water partition coefficient (Wildman–Crippen LogP) is 15.9. The highest BCUT2D eigenvalue weighted by molar-refractivity contribution is 5.72. The third kappa shape index (κ3) is 18.5. The summed E-state index contributed by atoms with van der Waals surface area (Å²) in [5.74, 6) is -0.630. The summed E-state index contributed by atoms with van der Waals surface area (Å²) in [6, 6.07) is 15.9. The molecule has 1 aliphatic heterocycles. The summed E-state index contributed by atoms with van der Waals surface area (Å²) in [7, 11) is 0. The van der Waals surface area contributed by atoms with Crippen molar-refractivity contribution in [2.75, 3.05) is 26.4 Å². The molecule has 0 radical (unpaired) electrons. The molecule has 1 aliphatic rings. The lowest BCUT2D eigenvalue weighted by atomic mass is 9.78. The zero-order valence-corrected chi connectivity index (χ0v) is 56.3. The smallest absolute Gasteiger partial charge is 0.306 e. The zero-order chi connectivity index (χ0) is 64.4. The summed E-state index contributed by atoms with van der Waals surface area (Å²) in [6.45, 7) is 45.4. The van der Waals surface area contributed by atoms with E-state index in [0.29, 0.717) is 32.1 Å². The fourth-order valence-corrected chi connectivity index (χ4v) is 10.8. The van der Waals surface area contributed by atoms with E-state index in [1.54, 1.807) is 0 Å². The number of ether oxygens (including phenoxy) is 5. The van der Waals surface area contributed by atoms with E-state index in [9.17, 15) is 34.5 Å². The van der Waals surface area contributed by atoms with Crippen molar-refractivity contribution in [2.24, 2.45) is 5.41 Å². The minimum absolute atomic E-state index is 0.00366. The van der Waals surface area contributed by atoms with Crippen molar-refractivity contribution < 1.29 is 58.2 Å². The van der Waals surface area contributed by atoms with Gasteiger partial charge >= 0.3 is 23.9 Å². The summed E-state index contributed by atoms with van der Waals surface area (Å²) < 4.78 is 30.6. The van der Waals surface area contributed by atoms with Gasteiger partial charge in [0.15, 0.2) is 0 Å². The van der Waals surface area contributed by atoms with Gasteiger partial charge in [0.05, 0.1) is 0 Å². The van der Waals surface area contributed by atoms with Crippen LogP contribution in [0.4, 0.5) is 0 Å². The molecule has 470 valence electrons. The number of phenolic OH excluding ortho intramolecular Hbond substituents is 3. The van der Waals surface area contributed by atoms with Gasteiger partial charge in [-0.25, -0.2) is 0 Å². The lowest BCUT2D eigenvalue weighted by Gasteiger charge is -2.42. The lowest BCUT2D eigenvalue weighted by molar-refractivity contribution is -0.170. The van der Waals surface area contributed by atoms with E-state index in [1.807, 2.05) is 133 Å². The molecule has 0 amide bonds. The van der Waals surface area contributed by atoms with Gasteiger partial charge in [-0.15, -0.1) is 0 Å². The number of hydrogen-bond acceptors (Lipinski definition) is 12. The fourth-order valence-electron chi connectivity index (χ4n) is 10.8. The minimum Gasteiger partial charge on any atom is -0.507 e. The molecule has 0 spiro atoms. The first kappa shape index (κ1) is 69.7. The van der Waals surface area contributed by atoms with Gasteiger partial charge < -0.3 is 39.0 Å². The molecular weight excluding hydrogens is 1070 g/mol. The first-order valence-electron chi connectivity index (χ1n) is 30.7. The number of benzene rings is 4. The van der Waals surface area contributed by atoms with E-state index in [-0.39, 0.29) is 80.8 Å². The van der Waals surface area contributed by atoms with E-state index in [2.05, 4.69) is 74.4 Å². The maximum absolute atomic E-state index is 14.1. The van der Waals surface area contributed by atoms with Gasteiger partial charge in [-0.3, -0.25) is 19.2 Å². The molecular formula is C73H106O12. The number of esters is 4. The SMILES string of the molecule is CC(C)(C)c1cc(CCCC(=O)OCC(COC(=O)CCc2cc(C(C)(C)C)c(O)c(C(C)(C)C)c2)(COC(=O)CCc2cc(C(C)(C)C)c(O)c(C(C)(C)C)c2)COC(=O)CCc2cc(C(C)(C)C)c3c(c2)C(C)(C)O3)cc(C(C)(C)C)c1O. The Morgan fingerprint density at radius 1 is 0.365 bits per heavy atom. The summed E-state index contributed by atoms with van der Waals surface area (Å²) >= 11 is 0. The van der Waals surface area contributed by atoms with E-state index in [4.69, 9.17) is 23.7 Å². The predicted molar refractivity (Wildman–Crippen MR) is 339 cm³/mol. The third-order valence-electron chi connectivity index (χ3n) is 16.2. The van der Waals surface area contributed by atoms with E-state index < -0.39 is 61.3 Å². The van der Waals surface area contributed by atoms with Crippen molar-refractivity contribution in [1.82, 2.24) is 0 Å². The van der Waals surface area contributed by atoms with Crippen LogP contribution in [0.15, 0.2) is 48.5 Å². The van der Waals surface area contributed by atoms with E-state index >= 15 is 0 Å². The van der Waals surface area contributed by atoms with Gasteiger partial charge in [0.2, 0.25) is 0 Å². The quantitative estimate of drug-likeness (QED) is 0.0533. The molecule has 1 heterocycles. The Hall–Kier alpha value is -6.04. The third-order valence-corrected chi connectivity index (χ3v) is 16.2. The van der Waals surface area contributed by atoms with Crippen LogP contribution in [0.5, 0.6) is 23.0 Å². The highest BCUT2D eigenvalue weighted by atomic mass is 16.6. The first-order valence-corrected chi connectivity index (χ1v) is 30.7. The summed E-state index contributed by atoms with van der Waals surface area (Å²) in [4.78, 5) is 56.2. The number of rotatable bonds is 21. The molecule has 4 aromatic rings. The monoisotopic (exact) mass is 1170 g/mol. The van der Waals surface area contributed by atoms with Crippen LogP contribution in [0.25, 0.3) is 0 Å². The highest BCUT2D eigenvalue weighted by Gasteiger charge is 2.42. The Morgan fingerprint density at radius 3 is 0.859 bits per heavy atom. The summed E-state index contributed by atoms with van der Waals surface area (Å²) in [5, 5.41) is 34.2. The van der Waals surface area contributed by atoms with Crippen molar-refractivity contribution in [1.29, 1.82) is 0 Å². The molecule has 0 unspecified atom stereocenters. The summed E-state index contributed by atoms with van der Waals surface area (Å²) in [6.07, 6.45) is 1.83. The van der Waals surface area contributed by atoms with Gasteiger partial charge in [-0.1, -0.05) is 188 Å². The second kappa shape index (κ2) is 25.7. The van der Waals surface area contributed by atoms with Crippen molar-refractivity contribution in [3.05, 3.63) is 115 Å². The van der Waals surface area contributed by atoms with Crippen molar-refractivity contribution in [3.63, 3.8) is 0 Å². The molecule has 5 rings (SSSR count). The van der Waals surface area contributed by atoms with Crippen LogP contribution in [0.1, 0.15) is 258 Å². The average molecular weight is 1180 g/mol. The highest BCUT2D eigenvalue weighted by Crippen LogP contribution is 2.50. The Bertz CT molecular complexity index is 2860. The van der Waals surface area contributed by atoms with Gasteiger partial charge in [-0.05, 0) is 146 Å². The molecule has 85 heavy (non-hydrogen) atoms. The molecule has 12 nitrogen and oxygen atoms in total. The van der Waals surface area contributed by atoms with Crippen LogP contribution in [0, 0.1) is 5.41 Å². The molecule has 0 fully saturated rings. The van der Waals surface area contributed by atoms with Crippen molar-refractivity contribution >= 4 is 23.9 Å². The van der Waals surface area contributed by atoms with Gasteiger partial charge in [0, 0.05) is 36.8 Å². The fraction of sp³-hybridized carbons (Fsp3) is 0.616. The molecule has 0 saturated carbocycles. The van der Waals surface area contributed by atoms with Crippen LogP contribution in [-0.2, 0) is 107 Å². The zero-order valence-electron chi connectivity index (χ0n) is 56.3. The Balaban J connectivity index is 1.47. The van der Waals surface area contributed by atoms with Gasteiger partial charge in [0.1, 0.15) is 60.4 Å². The maximum Gasteiger partial charge on any atom is 0.306 e. The molecule has 0 aromatic heterocycles. The number of hydrogen-bond donors (Lipinski definition) is 3. The number of carbonyl (C=O) groups is 4. The summed E-state index contributed by atoms with van der Waals surface area (Å²) in [5.41, 5.74) is 6.01. The largest absolute Gasteiger partial charge is 0.507 e. The van der Waals surface area contributed by atoms with Gasteiger partial charge in [-0.2, -0.15) is 0 Å². The minimum atomic E-state index is -1.54. The van der Waals surface area contributed by atoms with Crippen molar-refractivity contribution in [3.8, 4) is 23.0 Å². The first-order chi connectivity index (χ1) is 38.6. The van der Waals surface area contributed by atoms with Crippen LogP contribution in [-0.4, -0.2) is 65.6 Å². The lowest BCUT2D eigenvalue weighted by Crippen LogP contribution is -2.44. The average Bonchev–Trinajstić information content (AvgIpc) is 0.992. The number of carbonyl (C=O) groups excluding carboxylic acids is 4. The molecule has 12 heteroatoms. The van der Waals surface area contributed by atoms with Crippen LogP contribution >= 0.6 is 0 Å². The standard InChI is InChI=1S/C73H106O12/c1-65(2,3)49-33-45(34-50(61(49)78)66(4,5)6)25-24-26-57(74)81-41-73(42-82-58(75)30-27-46-35-51(67(7,8)9)62(79)52(36-46)68(10,11)12,43-83-59(76)31-28-47-37-53(69(13,14)15)63(80)54(38-47)70(16,17)18)44-84-60(77)32-29-48-39-55(71(19,20)21)64-56(40-48)72(22,23)85-64/h33-40,78-80H,24-32,41-44H2,1-23H3. The van der Waals surface area contributed by atoms with Crippen LogP contribution < -0.4 is 4.74 Å². The Kier molecular flexibility index (Phi) is 21.1. The normalized spacial score (nSPS) is 14.0. The van der Waals surface area contributed by atoms with Crippen LogP contribution in [0.3, 0.4) is 0 Å². The van der Waals surface area contributed by atoms with E-state index in [1.165, 1.54) is 0 Å². The Morgan fingerprint density at radius 2 is 0.600 bits per heavy atom.